The van der Waals surface area contributed by atoms with Gasteiger partial charge in [0, 0.05) is 19.0 Å². The van der Waals surface area contributed by atoms with Crippen LogP contribution in [0, 0.1) is 0 Å². The van der Waals surface area contributed by atoms with Crippen molar-refractivity contribution in [3.8, 4) is 0 Å². The van der Waals surface area contributed by atoms with Gasteiger partial charge in [-0.3, -0.25) is 19.6 Å². The molecule has 6 heteroatoms. The molecule has 0 bridgehead atoms. The number of carbonyl (C=O) groups excluding carboxylic acids is 3. The third-order valence-corrected chi connectivity index (χ3v) is 2.49. The van der Waals surface area contributed by atoms with Gasteiger partial charge in [0.25, 0.3) is 5.91 Å². The molecule has 2 heterocycles. The van der Waals surface area contributed by atoms with Crippen molar-refractivity contribution in [3.05, 3.63) is 18.0 Å². The van der Waals surface area contributed by atoms with E-state index in [4.69, 9.17) is 0 Å². The van der Waals surface area contributed by atoms with Gasteiger partial charge in [-0.15, -0.1) is 0 Å². The smallest absolute Gasteiger partial charge is 0.251 e. The first-order valence-corrected chi connectivity index (χ1v) is 5.02. The summed E-state index contributed by atoms with van der Waals surface area (Å²) in [6, 6.07) is 1.25. The third kappa shape index (κ3) is 2.00. The second-order valence-electron chi connectivity index (χ2n) is 3.62. The van der Waals surface area contributed by atoms with Crippen molar-refractivity contribution in [2.24, 2.45) is 0 Å². The SMILES string of the molecule is O=CCc1ccn(C2CCC(=O)NC2=O)n1. The Morgan fingerprint density at radius 3 is 3.06 bits per heavy atom. The van der Waals surface area contributed by atoms with Crippen LogP contribution in [0.1, 0.15) is 24.6 Å². The van der Waals surface area contributed by atoms with E-state index in [-0.39, 0.29) is 18.2 Å². The van der Waals surface area contributed by atoms with Gasteiger partial charge in [0.15, 0.2) is 0 Å². The van der Waals surface area contributed by atoms with E-state index in [1.807, 2.05) is 0 Å². The molecule has 16 heavy (non-hydrogen) atoms. The molecule has 1 aliphatic rings. The number of carbonyl (C=O) groups is 3. The highest BCUT2D eigenvalue weighted by molar-refractivity contribution is 5.99. The first-order valence-electron chi connectivity index (χ1n) is 5.02. The summed E-state index contributed by atoms with van der Waals surface area (Å²) < 4.78 is 1.50. The summed E-state index contributed by atoms with van der Waals surface area (Å²) in [6.07, 6.45) is 3.42. The average Bonchev–Trinajstić information content (AvgIpc) is 2.67. The van der Waals surface area contributed by atoms with Gasteiger partial charge in [0.05, 0.1) is 5.69 Å². The van der Waals surface area contributed by atoms with E-state index in [9.17, 15) is 14.4 Å². The number of hydrogen-bond donors (Lipinski definition) is 1. The molecule has 1 unspecified atom stereocenters. The van der Waals surface area contributed by atoms with Gasteiger partial charge in [0.2, 0.25) is 5.91 Å². The third-order valence-electron chi connectivity index (χ3n) is 2.49. The van der Waals surface area contributed by atoms with Crippen LogP contribution in [0.15, 0.2) is 12.3 Å². The fourth-order valence-corrected chi connectivity index (χ4v) is 1.68. The lowest BCUT2D eigenvalue weighted by atomic mass is 10.1. The number of piperidine rings is 1. The summed E-state index contributed by atoms with van der Waals surface area (Å²) in [5, 5.41) is 6.37. The summed E-state index contributed by atoms with van der Waals surface area (Å²) in [4.78, 5) is 32.8. The van der Waals surface area contributed by atoms with Crippen molar-refractivity contribution in [1.29, 1.82) is 0 Å². The van der Waals surface area contributed by atoms with Gasteiger partial charge in [0.1, 0.15) is 12.3 Å². The molecule has 1 saturated heterocycles. The maximum Gasteiger partial charge on any atom is 0.251 e. The summed E-state index contributed by atoms with van der Waals surface area (Å²) in [6.45, 7) is 0. The zero-order chi connectivity index (χ0) is 11.5. The quantitative estimate of drug-likeness (QED) is 0.556. The van der Waals surface area contributed by atoms with E-state index in [0.29, 0.717) is 18.5 Å². The lowest BCUT2D eigenvalue weighted by Gasteiger charge is -2.20. The molecule has 6 nitrogen and oxygen atoms in total. The molecule has 1 atom stereocenters. The highest BCUT2D eigenvalue weighted by atomic mass is 16.2. The summed E-state index contributed by atoms with van der Waals surface area (Å²) in [5.41, 5.74) is 0.625. The Balaban J connectivity index is 2.13. The molecule has 1 aliphatic heterocycles. The largest absolute Gasteiger partial charge is 0.303 e. The molecule has 0 spiro atoms. The lowest BCUT2D eigenvalue weighted by Crippen LogP contribution is -2.41. The lowest BCUT2D eigenvalue weighted by molar-refractivity contribution is -0.136. The van der Waals surface area contributed by atoms with Crippen molar-refractivity contribution in [2.45, 2.75) is 25.3 Å². The average molecular weight is 221 g/mol. The van der Waals surface area contributed by atoms with Crippen LogP contribution in [0.2, 0.25) is 0 Å². The number of aldehydes is 1. The van der Waals surface area contributed by atoms with Crippen molar-refractivity contribution >= 4 is 18.1 Å². The van der Waals surface area contributed by atoms with Gasteiger partial charge >= 0.3 is 0 Å². The molecule has 1 fully saturated rings. The molecular formula is C10H11N3O3. The van der Waals surface area contributed by atoms with E-state index in [2.05, 4.69) is 10.4 Å². The van der Waals surface area contributed by atoms with E-state index < -0.39 is 6.04 Å². The second-order valence-corrected chi connectivity index (χ2v) is 3.62. The van der Waals surface area contributed by atoms with Gasteiger partial charge in [-0.25, -0.2) is 0 Å². The van der Waals surface area contributed by atoms with Crippen molar-refractivity contribution in [1.82, 2.24) is 15.1 Å². The van der Waals surface area contributed by atoms with Gasteiger partial charge < -0.3 is 4.79 Å². The summed E-state index contributed by atoms with van der Waals surface area (Å²) in [7, 11) is 0. The van der Waals surface area contributed by atoms with Crippen LogP contribution in [-0.4, -0.2) is 27.9 Å². The Kier molecular flexibility index (Phi) is 2.80. The fourth-order valence-electron chi connectivity index (χ4n) is 1.68. The monoisotopic (exact) mass is 221 g/mol. The van der Waals surface area contributed by atoms with E-state index in [0.717, 1.165) is 6.29 Å². The van der Waals surface area contributed by atoms with Crippen LogP contribution in [0.3, 0.4) is 0 Å². The van der Waals surface area contributed by atoms with Crippen LogP contribution < -0.4 is 5.32 Å². The topological polar surface area (TPSA) is 81.1 Å². The Bertz CT molecular complexity index is 438. The fraction of sp³-hybridized carbons (Fsp3) is 0.400. The molecule has 1 N–H and O–H groups in total. The zero-order valence-corrected chi connectivity index (χ0v) is 8.55. The molecular weight excluding hydrogens is 210 g/mol. The highest BCUT2D eigenvalue weighted by Gasteiger charge is 2.28. The number of hydrogen-bond acceptors (Lipinski definition) is 4. The number of aromatic nitrogens is 2. The van der Waals surface area contributed by atoms with Gasteiger partial charge in [-0.05, 0) is 12.5 Å². The summed E-state index contributed by atoms with van der Waals surface area (Å²) in [5.74, 6) is -0.585. The predicted octanol–water partition coefficient (Wildman–Crippen LogP) is -0.398. The first-order chi connectivity index (χ1) is 7.70. The Hall–Kier alpha value is -1.98. The van der Waals surface area contributed by atoms with E-state index in [1.54, 1.807) is 12.3 Å². The van der Waals surface area contributed by atoms with Crippen LogP contribution in [0.4, 0.5) is 0 Å². The molecule has 2 rings (SSSR count). The highest BCUT2D eigenvalue weighted by Crippen LogP contribution is 2.17. The minimum atomic E-state index is -0.446. The van der Waals surface area contributed by atoms with Gasteiger partial charge in [-0.1, -0.05) is 0 Å². The van der Waals surface area contributed by atoms with Crippen LogP contribution in [0.25, 0.3) is 0 Å². The van der Waals surface area contributed by atoms with Crippen LogP contribution in [0.5, 0.6) is 0 Å². The molecule has 0 radical (unpaired) electrons. The van der Waals surface area contributed by atoms with Crippen molar-refractivity contribution in [2.75, 3.05) is 0 Å². The van der Waals surface area contributed by atoms with Crippen LogP contribution >= 0.6 is 0 Å². The number of imide groups is 1. The normalized spacial score (nSPS) is 20.6. The van der Waals surface area contributed by atoms with E-state index in [1.165, 1.54) is 4.68 Å². The number of nitrogens with zero attached hydrogens (tertiary/aromatic N) is 2. The second kappa shape index (κ2) is 4.26. The molecule has 1 aromatic heterocycles. The number of amides is 2. The minimum Gasteiger partial charge on any atom is -0.303 e. The standard InChI is InChI=1S/C10H11N3O3/c14-6-4-7-3-5-13(12-7)8-1-2-9(15)11-10(8)16/h3,5-6,8H,1-2,4H2,(H,11,15,16). The maximum absolute atomic E-state index is 11.5. The van der Waals surface area contributed by atoms with Gasteiger partial charge in [-0.2, -0.15) is 5.10 Å². The molecule has 0 aromatic carbocycles. The van der Waals surface area contributed by atoms with E-state index >= 15 is 0 Å². The Morgan fingerprint density at radius 1 is 1.56 bits per heavy atom. The Morgan fingerprint density at radius 2 is 2.38 bits per heavy atom. The molecule has 0 saturated carbocycles. The van der Waals surface area contributed by atoms with Crippen molar-refractivity contribution in [3.63, 3.8) is 0 Å². The first kappa shape index (κ1) is 10.5. The molecule has 0 aliphatic carbocycles. The van der Waals surface area contributed by atoms with Crippen LogP contribution in [-0.2, 0) is 20.8 Å². The maximum atomic E-state index is 11.5. The zero-order valence-electron chi connectivity index (χ0n) is 8.55. The molecule has 84 valence electrons. The molecule has 2 amide bonds. The number of nitrogens with one attached hydrogen (secondary N) is 1. The Labute approximate surface area is 91.6 Å². The summed E-state index contributed by atoms with van der Waals surface area (Å²) >= 11 is 0. The number of rotatable bonds is 3. The predicted molar refractivity (Wildman–Crippen MR) is 53.4 cm³/mol. The molecule has 1 aromatic rings. The minimum absolute atomic E-state index is 0.236. The van der Waals surface area contributed by atoms with Crippen molar-refractivity contribution < 1.29 is 14.4 Å².